The van der Waals surface area contributed by atoms with E-state index in [0.717, 1.165) is 106 Å². The smallest absolute Gasteiger partial charge is 0.119 e. The molecule has 9 heteroatoms. The number of aromatic amines is 4. The summed E-state index contributed by atoms with van der Waals surface area (Å²) in [4.78, 5) is 35.7. The van der Waals surface area contributed by atoms with Gasteiger partial charge in [-0.05, 0) is 79.2 Å². The van der Waals surface area contributed by atoms with Gasteiger partial charge in [-0.1, -0.05) is 36.4 Å². The number of nitrogens with one attached hydrogen (secondary N) is 5. The van der Waals surface area contributed by atoms with Gasteiger partial charge in [0.05, 0.1) is 39.0 Å². The number of H-pyrrole nitrogens is 4. The van der Waals surface area contributed by atoms with Gasteiger partial charge in [0.25, 0.3) is 0 Å². The van der Waals surface area contributed by atoms with E-state index in [-0.39, 0.29) is 0 Å². The van der Waals surface area contributed by atoms with Crippen molar-refractivity contribution in [3.05, 3.63) is 139 Å². The molecule has 0 saturated heterocycles. The van der Waals surface area contributed by atoms with Gasteiger partial charge in [-0.2, -0.15) is 0 Å². The Hall–Kier alpha value is -7.26. The van der Waals surface area contributed by atoms with Gasteiger partial charge in [0.1, 0.15) is 16.6 Å². The number of fused-ring (bicyclic) bond motifs is 9. The van der Waals surface area contributed by atoms with Gasteiger partial charge in [-0.25, -0.2) is 19.9 Å². The highest BCUT2D eigenvalue weighted by Gasteiger charge is 2.28. The zero-order chi connectivity index (χ0) is 35.0. The summed E-state index contributed by atoms with van der Waals surface area (Å²) in [5.41, 5.74) is 19.3. The van der Waals surface area contributed by atoms with Crippen LogP contribution in [0.4, 0.5) is 11.4 Å². The molecule has 252 valence electrons. The highest BCUT2D eigenvalue weighted by atomic mass is 15.0. The van der Waals surface area contributed by atoms with Crippen LogP contribution in [0.1, 0.15) is 18.1 Å². The van der Waals surface area contributed by atoms with Crippen LogP contribution in [0.5, 0.6) is 0 Å². The van der Waals surface area contributed by atoms with Crippen molar-refractivity contribution >= 4 is 61.1 Å². The SMILES string of the molecule is C/C=C1/Cc2c(c3nc4c(-c5ccc[nH]5)ccc(-c5ccc[nH]5)c4nc3c3nc4c(-c5ccc[nH]5)cccc4nc23)Nc2c1cccc2-c1ccc[nH]1. The van der Waals surface area contributed by atoms with Crippen LogP contribution in [0, 0.1) is 0 Å². The van der Waals surface area contributed by atoms with Crippen LogP contribution < -0.4 is 5.32 Å². The Labute approximate surface area is 302 Å². The second kappa shape index (κ2) is 11.4. The Morgan fingerprint density at radius 3 is 1.55 bits per heavy atom. The lowest BCUT2D eigenvalue weighted by Gasteiger charge is -2.18. The number of allylic oxidation sites excluding steroid dienone is 2. The van der Waals surface area contributed by atoms with Crippen LogP contribution >= 0.6 is 0 Å². The first kappa shape index (κ1) is 29.5. The summed E-state index contributed by atoms with van der Waals surface area (Å²) >= 11 is 0. The third-order valence-corrected chi connectivity index (χ3v) is 10.5. The average molecular weight is 686 g/mol. The van der Waals surface area contributed by atoms with E-state index in [1.807, 2.05) is 61.2 Å². The molecule has 5 N–H and O–H groups in total. The van der Waals surface area contributed by atoms with Gasteiger partial charge in [0.15, 0.2) is 0 Å². The van der Waals surface area contributed by atoms with Crippen molar-refractivity contribution in [3.8, 4) is 45.0 Å². The van der Waals surface area contributed by atoms with Crippen LogP contribution in [0.2, 0.25) is 0 Å². The summed E-state index contributed by atoms with van der Waals surface area (Å²) in [7, 11) is 0. The van der Waals surface area contributed by atoms with Crippen LogP contribution in [0.25, 0.3) is 94.7 Å². The molecule has 11 rings (SSSR count). The van der Waals surface area contributed by atoms with Gasteiger partial charge >= 0.3 is 0 Å². The lowest BCUT2D eigenvalue weighted by Crippen LogP contribution is -2.04. The van der Waals surface area contributed by atoms with Crippen LogP contribution in [0.15, 0.2) is 128 Å². The average Bonchev–Trinajstić information content (AvgIpc) is 4.04. The highest BCUT2D eigenvalue weighted by molar-refractivity contribution is 6.16. The normalized spacial score (nSPS) is 13.5. The fourth-order valence-electron chi connectivity index (χ4n) is 7.99. The Bertz CT molecular complexity index is 3040. The van der Waals surface area contributed by atoms with Crippen LogP contribution in [0.3, 0.4) is 0 Å². The van der Waals surface area contributed by atoms with Crippen molar-refractivity contribution in [2.24, 2.45) is 0 Å². The minimum atomic E-state index is 0.634. The van der Waals surface area contributed by atoms with Gasteiger partial charge in [-0.3, -0.25) is 0 Å². The number of para-hydroxylation sites is 2. The zero-order valence-corrected chi connectivity index (χ0v) is 28.6. The van der Waals surface area contributed by atoms with E-state index >= 15 is 0 Å². The molecule has 7 heterocycles. The summed E-state index contributed by atoms with van der Waals surface area (Å²) in [6.07, 6.45) is 10.6. The molecule has 0 aliphatic carbocycles. The molecule has 0 atom stereocenters. The maximum Gasteiger partial charge on any atom is 0.119 e. The monoisotopic (exact) mass is 685 g/mol. The Kier molecular flexibility index (Phi) is 6.33. The molecule has 1 aliphatic heterocycles. The minimum Gasteiger partial charge on any atom is -0.361 e. The number of nitrogens with zero attached hydrogens (tertiary/aromatic N) is 4. The van der Waals surface area contributed by atoms with Gasteiger partial charge < -0.3 is 25.3 Å². The lowest BCUT2D eigenvalue weighted by atomic mass is 9.94. The maximum absolute atomic E-state index is 5.62. The largest absolute Gasteiger partial charge is 0.361 e. The van der Waals surface area contributed by atoms with Gasteiger partial charge in [-0.15, -0.1) is 0 Å². The first-order valence-electron chi connectivity index (χ1n) is 17.7. The molecule has 10 aromatic rings. The molecule has 6 aromatic heterocycles. The van der Waals surface area contributed by atoms with Crippen molar-refractivity contribution in [2.45, 2.75) is 13.3 Å². The van der Waals surface area contributed by atoms with E-state index in [4.69, 9.17) is 19.9 Å². The van der Waals surface area contributed by atoms with Crippen LogP contribution in [-0.4, -0.2) is 39.9 Å². The Morgan fingerprint density at radius 2 is 0.943 bits per heavy atom. The fraction of sp³-hybridized carbons (Fsp3) is 0.0455. The standard InChI is InChI=1S/C44H31N9/c1-2-24-23-30-40-42(51-37-27(32-14-6-20-46-32)11-4-12-35(37)49-40)44-43(41(30)50-36-25(24)9-3-10-26(36)31-13-5-19-45-31)52-38-28(33-15-7-21-47-33)17-18-29(39(38)53-44)34-16-8-22-48-34/h2-22,45-48,50H,23H2,1H3/b24-2-. The molecule has 0 radical (unpaired) electrons. The maximum atomic E-state index is 5.62. The summed E-state index contributed by atoms with van der Waals surface area (Å²) in [6, 6.07) is 33.3. The quantitative estimate of drug-likeness (QED) is 0.0931. The van der Waals surface area contributed by atoms with Crippen molar-refractivity contribution in [3.63, 3.8) is 0 Å². The molecule has 0 bridgehead atoms. The second-order valence-electron chi connectivity index (χ2n) is 13.4. The molecule has 4 aromatic carbocycles. The minimum absolute atomic E-state index is 0.634. The van der Waals surface area contributed by atoms with Crippen molar-refractivity contribution in [1.29, 1.82) is 0 Å². The summed E-state index contributed by atoms with van der Waals surface area (Å²) in [5.74, 6) is 0. The van der Waals surface area contributed by atoms with Crippen molar-refractivity contribution < 1.29 is 0 Å². The van der Waals surface area contributed by atoms with Crippen molar-refractivity contribution in [1.82, 2.24) is 39.9 Å². The number of anilines is 2. The molecule has 0 unspecified atom stereocenters. The molecular formula is C44H31N9. The number of rotatable bonds is 4. The molecule has 9 nitrogen and oxygen atoms in total. The topological polar surface area (TPSA) is 127 Å². The van der Waals surface area contributed by atoms with E-state index in [2.05, 4.69) is 98.9 Å². The molecule has 0 saturated carbocycles. The first-order chi connectivity index (χ1) is 26.2. The highest BCUT2D eigenvalue weighted by Crippen LogP contribution is 2.47. The predicted octanol–water partition coefficient (Wildman–Crippen LogP) is 10.6. The summed E-state index contributed by atoms with van der Waals surface area (Å²) < 4.78 is 0. The van der Waals surface area contributed by atoms with Crippen molar-refractivity contribution in [2.75, 3.05) is 5.32 Å². The van der Waals surface area contributed by atoms with E-state index in [9.17, 15) is 0 Å². The van der Waals surface area contributed by atoms with Gasteiger partial charge in [0, 0.05) is 87.4 Å². The molecule has 0 fully saturated rings. The molecular weight excluding hydrogens is 655 g/mol. The number of hydrogen-bond acceptors (Lipinski definition) is 5. The zero-order valence-electron chi connectivity index (χ0n) is 28.6. The third kappa shape index (κ3) is 4.44. The van der Waals surface area contributed by atoms with E-state index < -0.39 is 0 Å². The van der Waals surface area contributed by atoms with E-state index in [1.165, 1.54) is 5.57 Å². The van der Waals surface area contributed by atoms with Crippen LogP contribution in [-0.2, 0) is 6.42 Å². The molecule has 1 aliphatic rings. The first-order valence-corrected chi connectivity index (χ1v) is 17.7. The van der Waals surface area contributed by atoms with E-state index in [1.54, 1.807) is 0 Å². The molecule has 0 amide bonds. The number of benzene rings is 4. The molecule has 53 heavy (non-hydrogen) atoms. The fourth-order valence-corrected chi connectivity index (χ4v) is 7.99. The summed E-state index contributed by atoms with van der Waals surface area (Å²) in [5, 5.41) is 3.95. The second-order valence-corrected chi connectivity index (χ2v) is 13.4. The Balaban J connectivity index is 1.32. The number of aromatic nitrogens is 8. The lowest BCUT2D eigenvalue weighted by molar-refractivity contribution is 1.27. The molecule has 0 spiro atoms. The number of hydrogen-bond donors (Lipinski definition) is 5. The Morgan fingerprint density at radius 1 is 0.434 bits per heavy atom. The van der Waals surface area contributed by atoms with E-state index in [0.29, 0.717) is 11.9 Å². The third-order valence-electron chi connectivity index (χ3n) is 10.5. The summed E-state index contributed by atoms with van der Waals surface area (Å²) in [6.45, 7) is 2.11. The predicted molar refractivity (Wildman–Crippen MR) is 214 cm³/mol. The van der Waals surface area contributed by atoms with Gasteiger partial charge in [0.2, 0.25) is 0 Å².